The monoisotopic (exact) mass is 347 g/mol. The van der Waals surface area contributed by atoms with Crippen molar-refractivity contribution >= 4 is 17.6 Å². The Morgan fingerprint density at radius 1 is 0.962 bits per heavy atom. The molecule has 2 aliphatic heterocycles. The molecule has 0 radical (unpaired) electrons. The predicted octanol–water partition coefficient (Wildman–Crippen LogP) is 4.40. The highest BCUT2D eigenvalue weighted by Crippen LogP contribution is 2.36. The van der Waals surface area contributed by atoms with Gasteiger partial charge in [0.05, 0.1) is 5.57 Å². The van der Waals surface area contributed by atoms with Gasteiger partial charge in [-0.15, -0.1) is 0 Å². The zero-order chi connectivity index (χ0) is 17.9. The van der Waals surface area contributed by atoms with Gasteiger partial charge in [0.15, 0.2) is 0 Å². The number of hydrogen-bond acceptors (Lipinski definition) is 3. The Labute approximate surface area is 155 Å². The van der Waals surface area contributed by atoms with E-state index >= 15 is 0 Å². The lowest BCUT2D eigenvalue weighted by Crippen LogP contribution is -2.43. The van der Waals surface area contributed by atoms with Gasteiger partial charge in [-0.2, -0.15) is 0 Å². The molecule has 2 aromatic carbocycles. The van der Waals surface area contributed by atoms with Crippen molar-refractivity contribution in [1.29, 1.82) is 0 Å². The van der Waals surface area contributed by atoms with Gasteiger partial charge in [0.2, 0.25) is 0 Å². The SMILES string of the molecule is CN1C2CCC1CC(OC(=O)/C(=C/c1ccccc1)c1ccccc1)C2. The second-order valence-electron chi connectivity index (χ2n) is 7.38. The van der Waals surface area contributed by atoms with E-state index in [1.807, 2.05) is 66.7 Å². The summed E-state index contributed by atoms with van der Waals surface area (Å²) in [5.41, 5.74) is 2.53. The van der Waals surface area contributed by atoms with Gasteiger partial charge in [0.25, 0.3) is 0 Å². The molecule has 2 saturated heterocycles. The average molecular weight is 347 g/mol. The van der Waals surface area contributed by atoms with Gasteiger partial charge >= 0.3 is 5.97 Å². The number of benzene rings is 2. The first-order chi connectivity index (χ1) is 12.7. The lowest BCUT2D eigenvalue weighted by molar-refractivity contribution is -0.144. The van der Waals surface area contributed by atoms with Crippen LogP contribution in [0, 0.1) is 0 Å². The highest BCUT2D eigenvalue weighted by Gasteiger charge is 2.40. The summed E-state index contributed by atoms with van der Waals surface area (Å²) in [6.07, 6.45) is 6.31. The van der Waals surface area contributed by atoms with Crippen LogP contribution in [-0.2, 0) is 9.53 Å². The Hall–Kier alpha value is -2.39. The zero-order valence-corrected chi connectivity index (χ0v) is 15.2. The number of piperidine rings is 1. The molecule has 4 rings (SSSR count). The molecule has 134 valence electrons. The molecule has 2 atom stereocenters. The van der Waals surface area contributed by atoms with Crippen LogP contribution in [0.3, 0.4) is 0 Å². The Balaban J connectivity index is 1.56. The Kier molecular flexibility index (Phi) is 4.89. The molecule has 3 nitrogen and oxygen atoms in total. The van der Waals surface area contributed by atoms with Crippen LogP contribution in [0.2, 0.25) is 0 Å². The van der Waals surface area contributed by atoms with Crippen molar-refractivity contribution in [1.82, 2.24) is 4.90 Å². The number of rotatable bonds is 4. The van der Waals surface area contributed by atoms with Crippen LogP contribution in [0.1, 0.15) is 36.8 Å². The summed E-state index contributed by atoms with van der Waals surface area (Å²) in [7, 11) is 2.20. The topological polar surface area (TPSA) is 29.5 Å². The van der Waals surface area contributed by atoms with Crippen LogP contribution >= 0.6 is 0 Å². The van der Waals surface area contributed by atoms with E-state index in [1.165, 1.54) is 12.8 Å². The molecule has 0 amide bonds. The maximum Gasteiger partial charge on any atom is 0.339 e. The lowest BCUT2D eigenvalue weighted by atomic mass is 9.99. The summed E-state index contributed by atoms with van der Waals surface area (Å²) in [6.45, 7) is 0. The molecule has 2 bridgehead atoms. The van der Waals surface area contributed by atoms with Crippen molar-refractivity contribution in [3.63, 3.8) is 0 Å². The molecule has 0 aliphatic carbocycles. The largest absolute Gasteiger partial charge is 0.459 e. The van der Waals surface area contributed by atoms with E-state index in [0.717, 1.165) is 24.0 Å². The maximum atomic E-state index is 13.0. The molecule has 2 unspecified atom stereocenters. The lowest BCUT2D eigenvalue weighted by Gasteiger charge is -2.35. The van der Waals surface area contributed by atoms with E-state index in [4.69, 9.17) is 4.74 Å². The summed E-state index contributed by atoms with van der Waals surface area (Å²) in [6, 6.07) is 20.9. The summed E-state index contributed by atoms with van der Waals surface area (Å²) < 4.78 is 5.98. The summed E-state index contributed by atoms with van der Waals surface area (Å²) in [4.78, 5) is 15.5. The third kappa shape index (κ3) is 3.58. The molecular formula is C23H25NO2. The highest BCUT2D eigenvalue weighted by molar-refractivity contribution is 6.21. The predicted molar refractivity (Wildman–Crippen MR) is 104 cm³/mol. The smallest absolute Gasteiger partial charge is 0.339 e. The van der Waals surface area contributed by atoms with Crippen LogP contribution in [0.15, 0.2) is 60.7 Å². The zero-order valence-electron chi connectivity index (χ0n) is 15.2. The molecule has 0 spiro atoms. The fraction of sp³-hybridized carbons (Fsp3) is 0.348. The van der Waals surface area contributed by atoms with Gasteiger partial charge in [-0.25, -0.2) is 4.79 Å². The molecule has 0 N–H and O–H groups in total. The molecule has 2 heterocycles. The van der Waals surface area contributed by atoms with Crippen molar-refractivity contribution < 1.29 is 9.53 Å². The molecule has 0 aromatic heterocycles. The van der Waals surface area contributed by atoms with E-state index in [1.54, 1.807) is 0 Å². The van der Waals surface area contributed by atoms with Crippen molar-refractivity contribution in [2.75, 3.05) is 7.05 Å². The molecule has 0 saturated carbocycles. The van der Waals surface area contributed by atoms with Gasteiger partial charge in [-0.3, -0.25) is 0 Å². The minimum atomic E-state index is -0.214. The minimum absolute atomic E-state index is 0.0269. The van der Waals surface area contributed by atoms with E-state index in [9.17, 15) is 4.79 Å². The first-order valence-electron chi connectivity index (χ1n) is 9.46. The highest BCUT2D eigenvalue weighted by atomic mass is 16.5. The standard InChI is InChI=1S/C23H25NO2/c1-24-19-12-13-20(24)16-21(15-19)26-23(25)22(18-10-6-3-7-11-18)14-17-8-4-2-5-9-17/h2-11,14,19-21H,12-13,15-16H2,1H3/b22-14+. The summed E-state index contributed by atoms with van der Waals surface area (Å²) >= 11 is 0. The number of hydrogen-bond donors (Lipinski definition) is 0. The molecule has 2 aliphatic rings. The Morgan fingerprint density at radius 2 is 1.54 bits per heavy atom. The second-order valence-corrected chi connectivity index (χ2v) is 7.38. The van der Waals surface area contributed by atoms with Crippen LogP contribution in [0.4, 0.5) is 0 Å². The van der Waals surface area contributed by atoms with Crippen molar-refractivity contribution in [3.05, 3.63) is 71.8 Å². The molecule has 2 aromatic rings. The second kappa shape index (κ2) is 7.46. The number of fused-ring (bicyclic) bond motifs is 2. The van der Waals surface area contributed by atoms with Gasteiger partial charge in [0.1, 0.15) is 6.10 Å². The van der Waals surface area contributed by atoms with E-state index in [2.05, 4.69) is 11.9 Å². The quantitative estimate of drug-likeness (QED) is 0.466. The summed E-state index contributed by atoms with van der Waals surface area (Å²) in [5, 5.41) is 0. The van der Waals surface area contributed by atoms with Gasteiger partial charge < -0.3 is 9.64 Å². The van der Waals surface area contributed by atoms with Crippen LogP contribution < -0.4 is 0 Å². The van der Waals surface area contributed by atoms with Crippen LogP contribution in [0.5, 0.6) is 0 Å². The number of carbonyl (C=O) groups is 1. The van der Waals surface area contributed by atoms with Crippen molar-refractivity contribution in [3.8, 4) is 0 Å². The first-order valence-corrected chi connectivity index (χ1v) is 9.46. The average Bonchev–Trinajstić information content (AvgIpc) is 2.88. The molecule has 2 fully saturated rings. The molecule has 3 heteroatoms. The van der Waals surface area contributed by atoms with Gasteiger partial charge in [0, 0.05) is 24.9 Å². The normalized spacial score (nSPS) is 25.9. The number of carbonyl (C=O) groups excluding carboxylic acids is 1. The Bertz CT molecular complexity index is 770. The maximum absolute atomic E-state index is 13.0. The summed E-state index contributed by atoms with van der Waals surface area (Å²) in [5.74, 6) is -0.214. The fourth-order valence-electron chi connectivity index (χ4n) is 4.27. The minimum Gasteiger partial charge on any atom is -0.459 e. The Morgan fingerprint density at radius 3 is 2.15 bits per heavy atom. The fourth-order valence-corrected chi connectivity index (χ4v) is 4.27. The van der Waals surface area contributed by atoms with Crippen molar-refractivity contribution in [2.45, 2.75) is 43.9 Å². The molecule has 26 heavy (non-hydrogen) atoms. The third-order valence-electron chi connectivity index (χ3n) is 5.74. The number of ether oxygens (including phenoxy) is 1. The number of esters is 1. The molecular weight excluding hydrogens is 322 g/mol. The van der Waals surface area contributed by atoms with E-state index < -0.39 is 0 Å². The van der Waals surface area contributed by atoms with Crippen LogP contribution in [-0.4, -0.2) is 36.1 Å². The van der Waals surface area contributed by atoms with Crippen LogP contribution in [0.25, 0.3) is 11.6 Å². The van der Waals surface area contributed by atoms with Crippen molar-refractivity contribution in [2.24, 2.45) is 0 Å². The first kappa shape index (κ1) is 17.0. The van der Waals surface area contributed by atoms with Gasteiger partial charge in [-0.1, -0.05) is 60.7 Å². The number of nitrogens with zero attached hydrogens (tertiary/aromatic N) is 1. The third-order valence-corrected chi connectivity index (χ3v) is 5.74. The van der Waals surface area contributed by atoms with E-state index in [0.29, 0.717) is 17.7 Å². The van der Waals surface area contributed by atoms with E-state index in [-0.39, 0.29) is 12.1 Å². The van der Waals surface area contributed by atoms with Gasteiger partial charge in [-0.05, 0) is 37.1 Å².